The van der Waals surface area contributed by atoms with Gasteiger partial charge in [-0.05, 0) is 56.9 Å². The molecule has 136 valence electrons. The van der Waals surface area contributed by atoms with Gasteiger partial charge in [-0.15, -0.1) is 0 Å². The SMILES string of the molecule is Cc1cc(C)n(C[C@@H](O)COc2ccc3c4c(c(=O)oc3c2)CCC4)n1. The van der Waals surface area contributed by atoms with E-state index in [1.165, 1.54) is 0 Å². The Morgan fingerprint density at radius 2 is 2.08 bits per heavy atom. The maximum atomic E-state index is 12.1. The van der Waals surface area contributed by atoms with Crippen molar-refractivity contribution in [1.82, 2.24) is 9.78 Å². The Kier molecular flexibility index (Phi) is 4.28. The Bertz CT molecular complexity index is 1020. The van der Waals surface area contributed by atoms with Crippen molar-refractivity contribution in [2.45, 2.75) is 45.8 Å². The van der Waals surface area contributed by atoms with Crippen molar-refractivity contribution in [3.05, 3.63) is 57.2 Å². The molecule has 1 aliphatic rings. The fourth-order valence-corrected chi connectivity index (χ4v) is 3.66. The van der Waals surface area contributed by atoms with Gasteiger partial charge in [0.1, 0.15) is 24.0 Å². The summed E-state index contributed by atoms with van der Waals surface area (Å²) in [5, 5.41) is 15.5. The summed E-state index contributed by atoms with van der Waals surface area (Å²) in [6.45, 7) is 4.39. The standard InChI is InChI=1S/C20H22N2O4/c1-12-8-13(2)22(21-12)10-14(23)11-25-15-6-7-17-16-4-3-5-18(16)20(24)26-19(17)9-15/h6-9,14,23H,3-5,10-11H2,1-2H3/t14-/m1/s1. The first-order valence-electron chi connectivity index (χ1n) is 8.92. The summed E-state index contributed by atoms with van der Waals surface area (Å²) >= 11 is 0. The van der Waals surface area contributed by atoms with Gasteiger partial charge in [-0.3, -0.25) is 4.68 Å². The van der Waals surface area contributed by atoms with Gasteiger partial charge in [-0.25, -0.2) is 4.79 Å². The highest BCUT2D eigenvalue weighted by molar-refractivity contribution is 5.83. The van der Waals surface area contributed by atoms with Crippen LogP contribution in [-0.4, -0.2) is 27.6 Å². The predicted octanol–water partition coefficient (Wildman–Crippen LogP) is 2.53. The number of benzene rings is 1. The van der Waals surface area contributed by atoms with E-state index in [1.807, 2.05) is 32.0 Å². The van der Waals surface area contributed by atoms with Crippen molar-refractivity contribution in [2.24, 2.45) is 0 Å². The fraction of sp³-hybridized carbons (Fsp3) is 0.400. The number of nitrogens with zero attached hydrogens (tertiary/aromatic N) is 2. The quantitative estimate of drug-likeness (QED) is 0.713. The summed E-state index contributed by atoms with van der Waals surface area (Å²) in [5.74, 6) is 0.575. The number of ether oxygens (including phenoxy) is 1. The molecule has 1 atom stereocenters. The zero-order valence-corrected chi connectivity index (χ0v) is 15.0. The molecule has 0 amide bonds. The van der Waals surface area contributed by atoms with Crippen molar-refractivity contribution >= 4 is 11.0 Å². The zero-order valence-electron chi connectivity index (χ0n) is 15.0. The molecule has 0 saturated carbocycles. The molecule has 2 aromatic heterocycles. The van der Waals surface area contributed by atoms with Gasteiger partial charge in [-0.1, -0.05) is 0 Å². The Morgan fingerprint density at radius 3 is 2.85 bits per heavy atom. The third-order valence-corrected chi connectivity index (χ3v) is 4.87. The lowest BCUT2D eigenvalue weighted by Gasteiger charge is -2.14. The van der Waals surface area contributed by atoms with E-state index in [9.17, 15) is 9.90 Å². The largest absolute Gasteiger partial charge is 0.491 e. The van der Waals surface area contributed by atoms with Crippen LogP contribution < -0.4 is 10.4 Å². The number of rotatable bonds is 5. The van der Waals surface area contributed by atoms with Crippen LogP contribution in [0.2, 0.25) is 0 Å². The van der Waals surface area contributed by atoms with Gasteiger partial charge in [0.25, 0.3) is 0 Å². The molecule has 6 nitrogen and oxygen atoms in total. The molecule has 1 aromatic carbocycles. The van der Waals surface area contributed by atoms with Gasteiger partial charge in [0, 0.05) is 22.7 Å². The summed E-state index contributed by atoms with van der Waals surface area (Å²) in [6.07, 6.45) is 2.02. The molecule has 0 bridgehead atoms. The average Bonchev–Trinajstić information content (AvgIpc) is 3.20. The minimum Gasteiger partial charge on any atom is -0.491 e. The van der Waals surface area contributed by atoms with Gasteiger partial charge in [0.05, 0.1) is 12.2 Å². The second kappa shape index (κ2) is 6.61. The Balaban J connectivity index is 1.48. The van der Waals surface area contributed by atoms with Crippen LogP contribution in [0.4, 0.5) is 0 Å². The number of aryl methyl sites for hydroxylation is 3. The van der Waals surface area contributed by atoms with Crippen LogP contribution in [0.1, 0.15) is 28.9 Å². The third kappa shape index (κ3) is 3.12. The van der Waals surface area contributed by atoms with Gasteiger partial charge < -0.3 is 14.3 Å². The lowest BCUT2D eigenvalue weighted by Crippen LogP contribution is -2.24. The van der Waals surface area contributed by atoms with Crippen LogP contribution in [0.5, 0.6) is 5.75 Å². The predicted molar refractivity (Wildman–Crippen MR) is 97.7 cm³/mol. The Morgan fingerprint density at radius 1 is 1.27 bits per heavy atom. The number of fused-ring (bicyclic) bond motifs is 3. The highest BCUT2D eigenvalue weighted by Gasteiger charge is 2.19. The molecule has 2 heterocycles. The molecule has 0 unspecified atom stereocenters. The van der Waals surface area contributed by atoms with Crippen molar-refractivity contribution in [1.29, 1.82) is 0 Å². The first-order chi connectivity index (χ1) is 12.5. The summed E-state index contributed by atoms with van der Waals surface area (Å²) < 4.78 is 12.9. The summed E-state index contributed by atoms with van der Waals surface area (Å²) in [4.78, 5) is 12.1. The van der Waals surface area contributed by atoms with Gasteiger partial charge in [-0.2, -0.15) is 5.10 Å². The lowest BCUT2D eigenvalue weighted by molar-refractivity contribution is 0.0887. The smallest absolute Gasteiger partial charge is 0.339 e. The van der Waals surface area contributed by atoms with E-state index in [-0.39, 0.29) is 12.2 Å². The fourth-order valence-electron chi connectivity index (χ4n) is 3.66. The Labute approximate surface area is 151 Å². The highest BCUT2D eigenvalue weighted by Crippen LogP contribution is 2.29. The average molecular weight is 354 g/mol. The van der Waals surface area contributed by atoms with Crippen molar-refractivity contribution in [2.75, 3.05) is 6.61 Å². The maximum Gasteiger partial charge on any atom is 0.339 e. The first kappa shape index (κ1) is 16.8. The molecule has 1 N–H and O–H groups in total. The molecule has 26 heavy (non-hydrogen) atoms. The molecule has 0 fully saturated rings. The molecule has 1 aliphatic carbocycles. The van der Waals surface area contributed by atoms with E-state index in [4.69, 9.17) is 9.15 Å². The first-order valence-corrected chi connectivity index (χ1v) is 8.92. The monoisotopic (exact) mass is 354 g/mol. The van der Waals surface area contributed by atoms with E-state index >= 15 is 0 Å². The van der Waals surface area contributed by atoms with Crippen molar-refractivity contribution < 1.29 is 14.3 Å². The number of aromatic nitrogens is 2. The minimum absolute atomic E-state index is 0.138. The molecule has 0 spiro atoms. The molecule has 6 heteroatoms. The summed E-state index contributed by atoms with van der Waals surface area (Å²) in [6, 6.07) is 7.49. The number of hydrogen-bond donors (Lipinski definition) is 1. The third-order valence-electron chi connectivity index (χ3n) is 4.87. The van der Waals surface area contributed by atoms with Crippen LogP contribution in [0.25, 0.3) is 11.0 Å². The van der Waals surface area contributed by atoms with E-state index in [0.717, 1.165) is 47.2 Å². The van der Waals surface area contributed by atoms with Crippen LogP contribution in [0, 0.1) is 13.8 Å². The van der Waals surface area contributed by atoms with Crippen molar-refractivity contribution in [3.8, 4) is 5.75 Å². The molecular weight excluding hydrogens is 332 g/mol. The molecule has 3 aromatic rings. The second-order valence-electron chi connectivity index (χ2n) is 6.93. The van der Waals surface area contributed by atoms with Gasteiger partial charge in [0.15, 0.2) is 0 Å². The topological polar surface area (TPSA) is 77.5 Å². The Hall–Kier alpha value is -2.60. The zero-order chi connectivity index (χ0) is 18.3. The van der Waals surface area contributed by atoms with Gasteiger partial charge in [0.2, 0.25) is 0 Å². The van der Waals surface area contributed by atoms with Crippen molar-refractivity contribution in [3.63, 3.8) is 0 Å². The number of hydrogen-bond acceptors (Lipinski definition) is 5. The van der Waals surface area contributed by atoms with E-state index in [2.05, 4.69) is 5.10 Å². The second-order valence-corrected chi connectivity index (χ2v) is 6.93. The molecule has 0 saturated heterocycles. The van der Waals surface area contributed by atoms with E-state index in [1.54, 1.807) is 10.7 Å². The van der Waals surface area contributed by atoms with E-state index < -0.39 is 6.10 Å². The molecule has 0 radical (unpaired) electrons. The highest BCUT2D eigenvalue weighted by atomic mass is 16.5. The van der Waals surface area contributed by atoms with Crippen LogP contribution >= 0.6 is 0 Å². The van der Waals surface area contributed by atoms with Gasteiger partial charge >= 0.3 is 5.63 Å². The lowest BCUT2D eigenvalue weighted by atomic mass is 10.1. The number of aliphatic hydroxyl groups excluding tert-OH is 1. The number of aliphatic hydroxyl groups is 1. The van der Waals surface area contributed by atoms with Crippen LogP contribution in [0.3, 0.4) is 0 Å². The molecular formula is C20H22N2O4. The summed E-state index contributed by atoms with van der Waals surface area (Å²) in [5.41, 5.74) is 4.14. The maximum absolute atomic E-state index is 12.1. The van der Waals surface area contributed by atoms with E-state index in [0.29, 0.717) is 17.9 Å². The normalized spacial score (nSPS) is 14.6. The van der Waals surface area contributed by atoms with Crippen LogP contribution in [0.15, 0.2) is 33.5 Å². The summed E-state index contributed by atoms with van der Waals surface area (Å²) in [7, 11) is 0. The van der Waals surface area contributed by atoms with Crippen LogP contribution in [-0.2, 0) is 19.4 Å². The molecule has 0 aliphatic heterocycles. The molecule has 4 rings (SSSR count). The minimum atomic E-state index is -0.685.